The van der Waals surface area contributed by atoms with Crippen LogP contribution in [0.5, 0.6) is 0 Å². The topological polar surface area (TPSA) is 81.3 Å². The Hall–Kier alpha value is -1.85. The van der Waals surface area contributed by atoms with E-state index < -0.39 is 5.60 Å². The maximum absolute atomic E-state index is 12.2. The van der Waals surface area contributed by atoms with Crippen LogP contribution in [0, 0.1) is 12.8 Å². The van der Waals surface area contributed by atoms with Crippen LogP contribution < -0.4 is 5.73 Å². The van der Waals surface area contributed by atoms with Crippen LogP contribution in [0.25, 0.3) is 0 Å². The molecule has 0 aliphatic carbocycles. The zero-order chi connectivity index (χ0) is 16.5. The number of ether oxygens (including phenoxy) is 1. The van der Waals surface area contributed by atoms with Crippen molar-refractivity contribution in [3.8, 4) is 0 Å². The second kappa shape index (κ2) is 6.10. The second-order valence-electron chi connectivity index (χ2n) is 7.14. The van der Waals surface area contributed by atoms with Crippen molar-refractivity contribution in [2.75, 3.05) is 18.8 Å². The molecule has 0 spiro atoms. The van der Waals surface area contributed by atoms with E-state index in [1.165, 1.54) is 0 Å². The molecule has 122 valence electrons. The number of aromatic nitrogens is 2. The molecule has 0 unspecified atom stereocenters. The molecule has 2 heterocycles. The number of nitrogen functional groups attached to an aromatic ring is 1. The number of carbonyl (C=O) groups excluding carboxylic acids is 1. The second-order valence-corrected chi connectivity index (χ2v) is 7.14. The number of hydrogen-bond donors (Lipinski definition) is 1. The quantitative estimate of drug-likeness (QED) is 0.862. The van der Waals surface area contributed by atoms with Crippen molar-refractivity contribution in [3.63, 3.8) is 0 Å². The Bertz CT molecular complexity index is 554. The van der Waals surface area contributed by atoms with Crippen molar-refractivity contribution >= 4 is 11.9 Å². The van der Waals surface area contributed by atoms with Crippen LogP contribution in [-0.2, 0) is 4.74 Å². The molecular formula is C16H26N4O2. The number of likely N-dealkylation sites (tertiary alicyclic amines) is 1. The van der Waals surface area contributed by atoms with Gasteiger partial charge in [0.2, 0.25) is 0 Å². The lowest BCUT2D eigenvalue weighted by Crippen LogP contribution is -2.44. The van der Waals surface area contributed by atoms with E-state index in [0.717, 1.165) is 17.7 Å². The molecular weight excluding hydrogens is 280 g/mol. The summed E-state index contributed by atoms with van der Waals surface area (Å²) in [6.45, 7) is 11.1. The zero-order valence-electron chi connectivity index (χ0n) is 14.1. The number of anilines is 1. The van der Waals surface area contributed by atoms with Gasteiger partial charge in [-0.3, -0.25) is 0 Å². The van der Waals surface area contributed by atoms with Crippen molar-refractivity contribution in [2.24, 2.45) is 5.92 Å². The summed E-state index contributed by atoms with van der Waals surface area (Å²) in [4.78, 5) is 14.0. The van der Waals surface area contributed by atoms with Crippen molar-refractivity contribution < 1.29 is 9.53 Å². The number of amides is 1. The van der Waals surface area contributed by atoms with E-state index in [1.807, 2.05) is 33.8 Å². The molecule has 0 aromatic carbocycles. The van der Waals surface area contributed by atoms with Gasteiger partial charge in [-0.25, -0.2) is 4.79 Å². The Kier molecular flexibility index (Phi) is 4.58. The van der Waals surface area contributed by atoms with Gasteiger partial charge >= 0.3 is 6.09 Å². The molecule has 0 bridgehead atoms. The molecule has 0 radical (unpaired) electrons. The standard InChI is InChI=1S/C16H26N4O2/c1-10-8-13(17)18-19-14(10)12-6-7-20(9-11(12)2)15(21)22-16(3,4)5/h8,11-12H,6-7,9H2,1-5H3,(H2,17,18)/t11-,12-/m1/s1. The minimum absolute atomic E-state index is 0.238. The first kappa shape index (κ1) is 16.5. The fraction of sp³-hybridized carbons (Fsp3) is 0.688. The summed E-state index contributed by atoms with van der Waals surface area (Å²) in [6, 6.07) is 1.86. The van der Waals surface area contributed by atoms with E-state index in [0.29, 0.717) is 30.7 Å². The fourth-order valence-electron chi connectivity index (χ4n) is 2.93. The lowest BCUT2D eigenvalue weighted by atomic mass is 9.83. The first-order valence-corrected chi connectivity index (χ1v) is 7.75. The molecule has 2 atom stereocenters. The number of rotatable bonds is 1. The number of nitrogens with zero attached hydrogens (tertiary/aromatic N) is 3. The number of aryl methyl sites for hydroxylation is 1. The largest absolute Gasteiger partial charge is 0.444 e. The predicted octanol–water partition coefficient (Wildman–Crippen LogP) is 2.73. The first-order chi connectivity index (χ1) is 10.2. The minimum atomic E-state index is -0.462. The average molecular weight is 306 g/mol. The Morgan fingerprint density at radius 3 is 2.64 bits per heavy atom. The molecule has 1 aliphatic heterocycles. The summed E-state index contributed by atoms with van der Waals surface area (Å²) in [7, 11) is 0. The monoisotopic (exact) mass is 306 g/mol. The molecule has 6 heteroatoms. The first-order valence-electron chi connectivity index (χ1n) is 7.75. The summed E-state index contributed by atoms with van der Waals surface area (Å²) >= 11 is 0. The van der Waals surface area contributed by atoms with Gasteiger partial charge in [0, 0.05) is 19.0 Å². The highest BCUT2D eigenvalue weighted by molar-refractivity contribution is 5.68. The van der Waals surface area contributed by atoms with Gasteiger partial charge in [0.25, 0.3) is 0 Å². The zero-order valence-corrected chi connectivity index (χ0v) is 14.1. The van der Waals surface area contributed by atoms with Gasteiger partial charge in [-0.1, -0.05) is 6.92 Å². The van der Waals surface area contributed by atoms with E-state index >= 15 is 0 Å². The van der Waals surface area contributed by atoms with Crippen LogP contribution >= 0.6 is 0 Å². The summed E-state index contributed by atoms with van der Waals surface area (Å²) in [5.74, 6) is 1.05. The van der Waals surface area contributed by atoms with Crippen molar-refractivity contribution in [1.82, 2.24) is 15.1 Å². The smallest absolute Gasteiger partial charge is 0.410 e. The van der Waals surface area contributed by atoms with Crippen LogP contribution in [0.15, 0.2) is 6.07 Å². The molecule has 6 nitrogen and oxygen atoms in total. The number of piperidine rings is 1. The third-order valence-corrected chi connectivity index (χ3v) is 3.95. The van der Waals surface area contributed by atoms with Crippen LogP contribution in [0.2, 0.25) is 0 Å². The lowest BCUT2D eigenvalue weighted by Gasteiger charge is -2.37. The maximum Gasteiger partial charge on any atom is 0.410 e. The SMILES string of the molecule is Cc1cc(N)nnc1[C@@H]1CCN(C(=O)OC(C)(C)C)C[C@H]1C. The maximum atomic E-state index is 12.2. The third kappa shape index (κ3) is 3.87. The normalized spacial score (nSPS) is 22.5. The highest BCUT2D eigenvalue weighted by atomic mass is 16.6. The van der Waals surface area contributed by atoms with Crippen molar-refractivity contribution in [1.29, 1.82) is 0 Å². The lowest BCUT2D eigenvalue weighted by molar-refractivity contribution is 0.0153. The van der Waals surface area contributed by atoms with E-state index in [9.17, 15) is 4.79 Å². The van der Waals surface area contributed by atoms with Crippen LogP contribution in [-0.4, -0.2) is 39.9 Å². The molecule has 22 heavy (non-hydrogen) atoms. The number of hydrogen-bond acceptors (Lipinski definition) is 5. The highest BCUT2D eigenvalue weighted by Crippen LogP contribution is 2.33. The Morgan fingerprint density at radius 1 is 1.41 bits per heavy atom. The molecule has 1 aliphatic rings. The summed E-state index contributed by atoms with van der Waals surface area (Å²) < 4.78 is 5.45. The summed E-state index contributed by atoms with van der Waals surface area (Å²) in [5, 5.41) is 8.25. The third-order valence-electron chi connectivity index (χ3n) is 3.95. The Labute approximate surface area is 132 Å². The van der Waals surface area contributed by atoms with Gasteiger partial charge in [0.15, 0.2) is 0 Å². The fourth-order valence-corrected chi connectivity index (χ4v) is 2.93. The molecule has 0 saturated carbocycles. The van der Waals surface area contributed by atoms with E-state index in [2.05, 4.69) is 17.1 Å². The average Bonchev–Trinajstić information content (AvgIpc) is 2.37. The molecule has 1 fully saturated rings. The summed E-state index contributed by atoms with van der Waals surface area (Å²) in [5.41, 5.74) is 7.26. The number of carbonyl (C=O) groups is 1. The molecule has 2 N–H and O–H groups in total. The molecule has 1 amide bonds. The van der Waals surface area contributed by atoms with Crippen molar-refractivity contribution in [2.45, 2.75) is 52.6 Å². The van der Waals surface area contributed by atoms with Gasteiger partial charge in [-0.2, -0.15) is 5.10 Å². The minimum Gasteiger partial charge on any atom is -0.444 e. The molecule has 1 saturated heterocycles. The van der Waals surface area contributed by atoms with Crippen molar-refractivity contribution in [3.05, 3.63) is 17.3 Å². The van der Waals surface area contributed by atoms with Gasteiger partial charge in [0.05, 0.1) is 5.69 Å². The Balaban J connectivity index is 2.05. The predicted molar refractivity (Wildman–Crippen MR) is 85.5 cm³/mol. The van der Waals surface area contributed by atoms with Crippen LogP contribution in [0.3, 0.4) is 0 Å². The van der Waals surface area contributed by atoms with E-state index in [-0.39, 0.29) is 6.09 Å². The molecule has 1 aromatic rings. The van der Waals surface area contributed by atoms with Gasteiger partial charge in [0.1, 0.15) is 11.4 Å². The van der Waals surface area contributed by atoms with Crippen LogP contribution in [0.1, 0.15) is 51.3 Å². The van der Waals surface area contributed by atoms with Gasteiger partial charge < -0.3 is 15.4 Å². The number of nitrogens with two attached hydrogens (primary N) is 1. The molecule has 1 aromatic heterocycles. The van der Waals surface area contributed by atoms with Gasteiger partial charge in [-0.15, -0.1) is 5.10 Å². The van der Waals surface area contributed by atoms with E-state index in [4.69, 9.17) is 10.5 Å². The van der Waals surface area contributed by atoms with E-state index in [1.54, 1.807) is 4.90 Å². The van der Waals surface area contributed by atoms with Crippen LogP contribution in [0.4, 0.5) is 10.6 Å². The summed E-state index contributed by atoms with van der Waals surface area (Å²) in [6.07, 6.45) is 0.623. The van der Waals surface area contributed by atoms with Gasteiger partial charge in [-0.05, 0) is 51.7 Å². The molecule has 2 rings (SSSR count). The highest BCUT2D eigenvalue weighted by Gasteiger charge is 2.33. The Morgan fingerprint density at radius 2 is 2.09 bits per heavy atom.